The van der Waals surface area contributed by atoms with Crippen LogP contribution in [0.15, 0.2) is 72.0 Å². The second kappa shape index (κ2) is 19.2. The van der Waals surface area contributed by atoms with Gasteiger partial charge in [0.1, 0.15) is 60.7 Å². The molecule has 4 rings (SSSR count). The monoisotopic (exact) mass is 775 g/mol. The Bertz CT molecular complexity index is 1890. The van der Waals surface area contributed by atoms with Crippen LogP contribution in [0, 0.1) is 5.82 Å². The van der Waals surface area contributed by atoms with E-state index in [2.05, 4.69) is 24.8 Å². The average molecular weight is 776 g/mol. The van der Waals surface area contributed by atoms with Crippen LogP contribution in [-0.4, -0.2) is 113 Å². The lowest BCUT2D eigenvalue weighted by molar-refractivity contribution is -0.119. The van der Waals surface area contributed by atoms with Gasteiger partial charge in [-0.15, -0.1) is 0 Å². The van der Waals surface area contributed by atoms with E-state index in [1.807, 2.05) is 0 Å². The van der Waals surface area contributed by atoms with Crippen molar-refractivity contribution < 1.29 is 62.9 Å². The standard InChI is InChI=1S/C35H35ClFN3O12S/c1-48-29-12-28(23(36)11-25(29)40-30(43)17-53-31-7-5-19(14-39-31)35(47)50-3)52-16-27(42)33(45)32(44)26(41)15-51-22-9-20(8-21(37)10-22)24-6-4-18(13-38-24)34(46)49-2/h4-14,26-27,32-33,41-42,44-45H,15-17H2,1-3H3,(H,40,43)/t26-,27-,32-,33-/m1/s1. The summed E-state index contributed by atoms with van der Waals surface area (Å²) in [6, 6.07) is 12.4. The number of hydrogen-bond acceptors (Lipinski definition) is 15. The maximum atomic E-state index is 14.4. The first kappa shape index (κ1) is 40.7. The van der Waals surface area contributed by atoms with E-state index in [1.54, 1.807) is 6.07 Å². The van der Waals surface area contributed by atoms with E-state index in [-0.39, 0.29) is 44.8 Å². The number of anilines is 1. The van der Waals surface area contributed by atoms with Crippen molar-refractivity contribution in [3.8, 4) is 28.5 Å². The minimum atomic E-state index is -1.92. The van der Waals surface area contributed by atoms with E-state index in [0.29, 0.717) is 16.3 Å². The summed E-state index contributed by atoms with van der Waals surface area (Å²) in [6.45, 7) is -1.19. The van der Waals surface area contributed by atoms with Crippen molar-refractivity contribution in [1.82, 2.24) is 9.97 Å². The molecule has 0 saturated carbocycles. The predicted molar refractivity (Wildman–Crippen MR) is 189 cm³/mol. The minimum Gasteiger partial charge on any atom is -0.494 e. The van der Waals surface area contributed by atoms with Gasteiger partial charge in [-0.05, 0) is 42.5 Å². The summed E-state index contributed by atoms with van der Waals surface area (Å²) in [4.78, 5) is 44.1. The lowest BCUT2D eigenvalue weighted by Crippen LogP contribution is -2.48. The summed E-state index contributed by atoms with van der Waals surface area (Å²) >= 11 is 7.46. The number of aromatic nitrogens is 2. The Hall–Kier alpha value is -5.04. The predicted octanol–water partition coefficient (Wildman–Crippen LogP) is 3.15. The zero-order chi connectivity index (χ0) is 38.7. The Morgan fingerprint density at radius 2 is 1.43 bits per heavy atom. The van der Waals surface area contributed by atoms with E-state index in [1.165, 1.54) is 76.2 Å². The maximum absolute atomic E-state index is 14.4. The number of ether oxygens (including phenoxy) is 5. The number of nitrogens with zero attached hydrogens (tertiary/aromatic N) is 2. The molecule has 0 fully saturated rings. The van der Waals surface area contributed by atoms with Crippen molar-refractivity contribution >= 4 is 46.9 Å². The number of carbonyl (C=O) groups excluding carboxylic acids is 3. The van der Waals surface area contributed by atoms with Crippen molar-refractivity contribution in [2.45, 2.75) is 29.4 Å². The average Bonchev–Trinajstić information content (AvgIpc) is 3.17. The first-order chi connectivity index (χ1) is 25.3. The van der Waals surface area contributed by atoms with Gasteiger partial charge in [0, 0.05) is 30.1 Å². The molecular weight excluding hydrogens is 741 g/mol. The Morgan fingerprint density at radius 3 is 2.00 bits per heavy atom. The van der Waals surface area contributed by atoms with Crippen LogP contribution in [0.3, 0.4) is 0 Å². The number of carbonyl (C=O) groups is 3. The summed E-state index contributed by atoms with van der Waals surface area (Å²) in [5, 5.41) is 45.2. The SMILES string of the molecule is COC(=O)c1ccc(SCC(=O)Nc2cc(Cl)c(OC[C@@H](O)[C@@H](O)[C@H](O)[C@H](O)COc3cc(F)cc(-c4ccc(C(=O)OC)cn4)c3)cc2OC)nc1. The largest absolute Gasteiger partial charge is 0.494 e. The molecule has 0 unspecified atom stereocenters. The number of nitrogens with one attached hydrogen (secondary N) is 1. The second-order valence-electron chi connectivity index (χ2n) is 11.0. The molecule has 2 aromatic heterocycles. The van der Waals surface area contributed by atoms with Crippen LogP contribution in [-0.2, 0) is 14.3 Å². The first-order valence-electron chi connectivity index (χ1n) is 15.5. The molecule has 2 aromatic carbocycles. The lowest BCUT2D eigenvalue weighted by Gasteiger charge is -2.26. The Balaban J connectivity index is 1.29. The third-order valence-corrected chi connectivity index (χ3v) is 8.60. The molecule has 5 N–H and O–H groups in total. The Labute approximate surface area is 311 Å². The topological polar surface area (TPSA) is 216 Å². The quantitative estimate of drug-likeness (QED) is 0.0769. The lowest BCUT2D eigenvalue weighted by atomic mass is 10.0. The van der Waals surface area contributed by atoms with Crippen molar-refractivity contribution in [3.05, 3.63) is 89.0 Å². The normalized spacial score (nSPS) is 13.2. The number of aliphatic hydroxyl groups excluding tert-OH is 4. The van der Waals surface area contributed by atoms with Crippen molar-refractivity contribution in [3.63, 3.8) is 0 Å². The molecule has 0 aliphatic carbocycles. The number of benzene rings is 2. The van der Waals surface area contributed by atoms with Crippen molar-refractivity contribution in [2.24, 2.45) is 0 Å². The number of pyridine rings is 2. The second-order valence-corrected chi connectivity index (χ2v) is 12.4. The van der Waals surface area contributed by atoms with E-state index < -0.39 is 61.3 Å². The maximum Gasteiger partial charge on any atom is 0.339 e. The number of methoxy groups -OCH3 is 3. The number of halogens is 2. The molecule has 0 saturated heterocycles. The number of thioether (sulfide) groups is 1. The number of hydrogen-bond donors (Lipinski definition) is 5. The number of rotatable bonds is 17. The van der Waals surface area contributed by atoms with Gasteiger partial charge in [-0.25, -0.2) is 19.0 Å². The summed E-state index contributed by atoms with van der Waals surface area (Å²) in [7, 11) is 3.82. The zero-order valence-electron chi connectivity index (χ0n) is 28.4. The van der Waals surface area contributed by atoms with Gasteiger partial charge in [0.05, 0.1) is 59.6 Å². The Morgan fingerprint density at radius 1 is 0.811 bits per heavy atom. The minimum absolute atomic E-state index is 0.00624. The highest BCUT2D eigenvalue weighted by molar-refractivity contribution is 7.99. The molecule has 4 aromatic rings. The molecule has 0 spiro atoms. The molecular formula is C35H35ClFN3O12S. The molecule has 53 heavy (non-hydrogen) atoms. The molecule has 2 heterocycles. The summed E-state index contributed by atoms with van der Waals surface area (Å²) in [6.07, 6.45) is -4.70. The number of amides is 1. The van der Waals surface area contributed by atoms with Crippen LogP contribution in [0.1, 0.15) is 20.7 Å². The Kier molecular flexibility index (Phi) is 14.7. The van der Waals surface area contributed by atoms with Crippen LogP contribution in [0.2, 0.25) is 5.02 Å². The fraction of sp³-hybridized carbons (Fsp3) is 0.286. The number of esters is 2. The molecule has 0 radical (unpaired) electrons. The highest BCUT2D eigenvalue weighted by atomic mass is 35.5. The van der Waals surface area contributed by atoms with Crippen LogP contribution >= 0.6 is 23.4 Å². The summed E-state index contributed by atoms with van der Waals surface area (Å²) in [5.74, 6) is -2.15. The van der Waals surface area contributed by atoms with Crippen LogP contribution in [0.25, 0.3) is 11.3 Å². The third-order valence-electron chi connectivity index (χ3n) is 7.36. The van der Waals surface area contributed by atoms with E-state index >= 15 is 0 Å². The highest BCUT2D eigenvalue weighted by Gasteiger charge is 2.31. The van der Waals surface area contributed by atoms with Gasteiger partial charge in [0.25, 0.3) is 0 Å². The van der Waals surface area contributed by atoms with E-state index in [9.17, 15) is 39.2 Å². The van der Waals surface area contributed by atoms with Crippen molar-refractivity contribution in [2.75, 3.05) is 45.6 Å². The summed E-state index contributed by atoms with van der Waals surface area (Å²) in [5.41, 5.74) is 1.28. The van der Waals surface area contributed by atoms with E-state index in [0.717, 1.165) is 17.8 Å². The molecule has 4 atom stereocenters. The molecule has 18 heteroatoms. The van der Waals surface area contributed by atoms with Crippen LogP contribution in [0.5, 0.6) is 17.2 Å². The van der Waals surface area contributed by atoms with Gasteiger partial charge in [-0.3, -0.25) is 9.78 Å². The van der Waals surface area contributed by atoms with Crippen molar-refractivity contribution in [1.29, 1.82) is 0 Å². The third kappa shape index (κ3) is 11.2. The van der Waals surface area contributed by atoms with E-state index in [4.69, 9.17) is 25.8 Å². The van der Waals surface area contributed by atoms with Crippen LogP contribution in [0.4, 0.5) is 10.1 Å². The van der Waals surface area contributed by atoms with Gasteiger partial charge >= 0.3 is 11.9 Å². The molecule has 0 aliphatic heterocycles. The molecule has 0 bridgehead atoms. The fourth-order valence-corrected chi connectivity index (χ4v) is 5.41. The summed E-state index contributed by atoms with van der Waals surface area (Å²) < 4.78 is 40.0. The molecule has 15 nitrogen and oxygen atoms in total. The van der Waals surface area contributed by atoms with Gasteiger partial charge in [0.2, 0.25) is 5.91 Å². The van der Waals surface area contributed by atoms with Gasteiger partial charge < -0.3 is 49.4 Å². The smallest absolute Gasteiger partial charge is 0.339 e. The highest BCUT2D eigenvalue weighted by Crippen LogP contribution is 2.36. The molecule has 0 aliphatic rings. The molecule has 1 amide bonds. The first-order valence-corrected chi connectivity index (χ1v) is 16.9. The zero-order valence-corrected chi connectivity index (χ0v) is 30.0. The van der Waals surface area contributed by atoms with Gasteiger partial charge in [-0.1, -0.05) is 23.4 Å². The van der Waals surface area contributed by atoms with Crippen LogP contribution < -0.4 is 19.5 Å². The molecule has 282 valence electrons. The fourth-order valence-electron chi connectivity index (χ4n) is 4.55. The van der Waals surface area contributed by atoms with Gasteiger partial charge in [0.15, 0.2) is 0 Å². The van der Waals surface area contributed by atoms with Gasteiger partial charge in [-0.2, -0.15) is 0 Å². The number of aliphatic hydroxyl groups is 4.